The topological polar surface area (TPSA) is 107 Å². The zero-order chi connectivity index (χ0) is 18.6. The summed E-state index contributed by atoms with van der Waals surface area (Å²) in [5.41, 5.74) is 1.39. The summed E-state index contributed by atoms with van der Waals surface area (Å²) in [4.78, 5) is 4.22. The summed E-state index contributed by atoms with van der Waals surface area (Å²) < 4.78 is 38.2. The largest absolute Gasteiger partial charge is 0.495 e. The molecule has 0 amide bonds. The Morgan fingerprint density at radius 1 is 1.19 bits per heavy atom. The highest BCUT2D eigenvalue weighted by molar-refractivity contribution is 7.89. The van der Waals surface area contributed by atoms with Crippen molar-refractivity contribution in [2.24, 2.45) is 0 Å². The molecule has 3 aromatic rings. The van der Waals surface area contributed by atoms with Crippen LogP contribution in [-0.2, 0) is 16.4 Å². The van der Waals surface area contributed by atoms with Gasteiger partial charge in [-0.05, 0) is 36.8 Å². The van der Waals surface area contributed by atoms with Crippen molar-refractivity contribution < 1.29 is 17.6 Å². The van der Waals surface area contributed by atoms with E-state index in [1.807, 2.05) is 13.0 Å². The Morgan fingerprint density at radius 3 is 2.77 bits per heavy atom. The lowest BCUT2D eigenvalue weighted by Crippen LogP contribution is -2.26. The molecular formula is C17H18N4O4S. The average Bonchev–Trinajstić information content (AvgIpc) is 3.11. The molecule has 3 rings (SSSR count). The second-order valence-electron chi connectivity index (χ2n) is 5.52. The summed E-state index contributed by atoms with van der Waals surface area (Å²) in [5, 5.41) is 7.84. The van der Waals surface area contributed by atoms with E-state index in [2.05, 4.69) is 19.9 Å². The number of hydrogen-bond acceptors (Lipinski definition) is 7. The first-order valence-electron chi connectivity index (χ1n) is 7.88. The Hall–Kier alpha value is -2.78. The third-order valence-electron chi connectivity index (χ3n) is 3.59. The van der Waals surface area contributed by atoms with Crippen LogP contribution >= 0.6 is 0 Å². The number of ether oxygens (including phenoxy) is 1. The Balaban J connectivity index is 1.66. The first-order chi connectivity index (χ1) is 12.5. The van der Waals surface area contributed by atoms with Crippen LogP contribution in [0, 0.1) is 6.92 Å². The standard InChI is InChI=1S/C17H18N4O4S/c1-12-6-7-14(24-2)15(11-12)26(22,23)19-10-8-16-20-21-17(25-16)13-5-3-4-9-18-13/h3-7,9,11,19H,8,10H2,1-2H3. The number of hydrogen-bond donors (Lipinski definition) is 1. The van der Waals surface area contributed by atoms with Crippen molar-refractivity contribution in [2.75, 3.05) is 13.7 Å². The van der Waals surface area contributed by atoms with Gasteiger partial charge in [0.1, 0.15) is 16.3 Å². The molecular weight excluding hydrogens is 356 g/mol. The molecule has 136 valence electrons. The second kappa shape index (κ2) is 7.63. The molecule has 0 spiro atoms. The molecule has 0 radical (unpaired) electrons. The summed E-state index contributed by atoms with van der Waals surface area (Å²) in [6.07, 6.45) is 1.88. The fourth-order valence-electron chi connectivity index (χ4n) is 2.31. The van der Waals surface area contributed by atoms with Gasteiger partial charge in [-0.1, -0.05) is 12.1 Å². The summed E-state index contributed by atoms with van der Waals surface area (Å²) >= 11 is 0. The fourth-order valence-corrected chi connectivity index (χ4v) is 3.59. The minimum absolute atomic E-state index is 0.0969. The molecule has 0 aliphatic heterocycles. The van der Waals surface area contributed by atoms with Gasteiger partial charge in [0.2, 0.25) is 15.9 Å². The van der Waals surface area contributed by atoms with Gasteiger partial charge < -0.3 is 9.15 Å². The number of nitrogens with zero attached hydrogens (tertiary/aromatic N) is 3. The maximum atomic E-state index is 12.5. The molecule has 1 aromatic carbocycles. The molecule has 0 unspecified atom stereocenters. The van der Waals surface area contributed by atoms with E-state index >= 15 is 0 Å². The summed E-state index contributed by atoms with van der Waals surface area (Å²) in [7, 11) is -2.29. The predicted molar refractivity (Wildman–Crippen MR) is 94.2 cm³/mol. The van der Waals surface area contributed by atoms with Gasteiger partial charge in [-0.15, -0.1) is 10.2 Å². The third kappa shape index (κ3) is 4.06. The van der Waals surface area contributed by atoms with E-state index in [0.29, 0.717) is 23.2 Å². The lowest BCUT2D eigenvalue weighted by Gasteiger charge is -2.11. The first-order valence-corrected chi connectivity index (χ1v) is 9.36. The lowest BCUT2D eigenvalue weighted by molar-refractivity contribution is 0.402. The van der Waals surface area contributed by atoms with Crippen molar-refractivity contribution in [2.45, 2.75) is 18.2 Å². The molecule has 0 bridgehead atoms. The number of aryl methyl sites for hydroxylation is 1. The molecule has 1 N–H and O–H groups in total. The van der Waals surface area contributed by atoms with Crippen LogP contribution in [-0.4, -0.2) is 37.3 Å². The molecule has 9 heteroatoms. The highest BCUT2D eigenvalue weighted by atomic mass is 32.2. The van der Waals surface area contributed by atoms with E-state index < -0.39 is 10.0 Å². The van der Waals surface area contributed by atoms with Crippen molar-refractivity contribution in [3.63, 3.8) is 0 Å². The van der Waals surface area contributed by atoms with Crippen LogP contribution in [0.4, 0.5) is 0 Å². The lowest BCUT2D eigenvalue weighted by atomic mass is 10.2. The Morgan fingerprint density at radius 2 is 2.04 bits per heavy atom. The van der Waals surface area contributed by atoms with Gasteiger partial charge in [-0.2, -0.15) is 0 Å². The Bertz CT molecular complexity index is 987. The zero-order valence-corrected chi connectivity index (χ0v) is 15.2. The predicted octanol–water partition coefficient (Wildman–Crippen LogP) is 1.97. The van der Waals surface area contributed by atoms with Crippen molar-refractivity contribution >= 4 is 10.0 Å². The van der Waals surface area contributed by atoms with Gasteiger partial charge in [-0.25, -0.2) is 13.1 Å². The molecule has 0 saturated carbocycles. The van der Waals surface area contributed by atoms with E-state index in [1.54, 1.807) is 36.5 Å². The highest BCUT2D eigenvalue weighted by Crippen LogP contribution is 2.24. The number of rotatable bonds is 7. The first kappa shape index (κ1) is 18.0. The molecule has 0 saturated heterocycles. The minimum atomic E-state index is -3.72. The van der Waals surface area contributed by atoms with Crippen LogP contribution in [0.1, 0.15) is 11.5 Å². The monoisotopic (exact) mass is 374 g/mol. The van der Waals surface area contributed by atoms with Crippen LogP contribution in [0.2, 0.25) is 0 Å². The van der Waals surface area contributed by atoms with E-state index in [-0.39, 0.29) is 17.9 Å². The fraction of sp³-hybridized carbons (Fsp3) is 0.235. The molecule has 0 aliphatic rings. The van der Waals surface area contributed by atoms with Gasteiger partial charge in [0, 0.05) is 19.2 Å². The van der Waals surface area contributed by atoms with Crippen LogP contribution in [0.15, 0.2) is 51.9 Å². The number of sulfonamides is 1. The molecule has 2 heterocycles. The van der Waals surface area contributed by atoms with E-state index in [4.69, 9.17) is 9.15 Å². The minimum Gasteiger partial charge on any atom is -0.495 e. The molecule has 26 heavy (non-hydrogen) atoms. The summed E-state index contributed by atoms with van der Waals surface area (Å²) in [6.45, 7) is 1.93. The molecule has 0 atom stereocenters. The number of benzene rings is 1. The van der Waals surface area contributed by atoms with Gasteiger partial charge in [-0.3, -0.25) is 4.98 Å². The number of methoxy groups -OCH3 is 1. The maximum absolute atomic E-state index is 12.5. The third-order valence-corrected chi connectivity index (χ3v) is 5.07. The number of pyridine rings is 1. The van der Waals surface area contributed by atoms with Crippen LogP contribution in [0.25, 0.3) is 11.6 Å². The van der Waals surface area contributed by atoms with Gasteiger partial charge >= 0.3 is 0 Å². The van der Waals surface area contributed by atoms with E-state index in [1.165, 1.54) is 7.11 Å². The smallest absolute Gasteiger partial charge is 0.266 e. The van der Waals surface area contributed by atoms with Gasteiger partial charge in [0.05, 0.1) is 7.11 Å². The van der Waals surface area contributed by atoms with Gasteiger partial charge in [0.15, 0.2) is 0 Å². The normalized spacial score (nSPS) is 11.5. The van der Waals surface area contributed by atoms with Crippen molar-refractivity contribution in [3.05, 3.63) is 54.0 Å². The average molecular weight is 374 g/mol. The number of aromatic nitrogens is 3. The summed E-state index contributed by atoms with van der Waals surface area (Å²) in [5.74, 6) is 0.909. The SMILES string of the molecule is COc1ccc(C)cc1S(=O)(=O)NCCc1nnc(-c2ccccn2)o1. The molecule has 2 aromatic heterocycles. The molecule has 0 aliphatic carbocycles. The Labute approximate surface area is 151 Å². The quantitative estimate of drug-likeness (QED) is 0.673. The van der Waals surface area contributed by atoms with Crippen LogP contribution in [0.3, 0.4) is 0 Å². The van der Waals surface area contributed by atoms with Gasteiger partial charge in [0.25, 0.3) is 5.89 Å². The van der Waals surface area contributed by atoms with E-state index in [0.717, 1.165) is 5.56 Å². The van der Waals surface area contributed by atoms with Crippen molar-refractivity contribution in [1.82, 2.24) is 19.9 Å². The van der Waals surface area contributed by atoms with Crippen molar-refractivity contribution in [1.29, 1.82) is 0 Å². The number of nitrogens with one attached hydrogen (secondary N) is 1. The highest BCUT2D eigenvalue weighted by Gasteiger charge is 2.19. The van der Waals surface area contributed by atoms with Crippen LogP contribution < -0.4 is 9.46 Å². The molecule has 8 nitrogen and oxygen atoms in total. The maximum Gasteiger partial charge on any atom is 0.266 e. The molecule has 0 fully saturated rings. The zero-order valence-electron chi connectivity index (χ0n) is 14.3. The second-order valence-corrected chi connectivity index (χ2v) is 7.25. The van der Waals surface area contributed by atoms with Crippen LogP contribution in [0.5, 0.6) is 5.75 Å². The van der Waals surface area contributed by atoms with E-state index in [9.17, 15) is 8.42 Å². The summed E-state index contributed by atoms with van der Waals surface area (Å²) in [6, 6.07) is 10.3. The van der Waals surface area contributed by atoms with Crippen molar-refractivity contribution in [3.8, 4) is 17.3 Å². The Kier molecular flexibility index (Phi) is 5.29.